The Morgan fingerprint density at radius 3 is 2.62 bits per heavy atom. The van der Waals surface area contributed by atoms with E-state index in [2.05, 4.69) is 10.4 Å². The van der Waals surface area contributed by atoms with E-state index < -0.39 is 0 Å². The highest BCUT2D eigenvalue weighted by molar-refractivity contribution is 7.98. The van der Waals surface area contributed by atoms with Gasteiger partial charge in [-0.05, 0) is 42.5 Å². The van der Waals surface area contributed by atoms with Crippen LogP contribution < -0.4 is 5.56 Å². The zero-order chi connectivity index (χ0) is 22.2. The summed E-state index contributed by atoms with van der Waals surface area (Å²) in [5.74, 6) is 1.26. The van der Waals surface area contributed by atoms with E-state index in [1.165, 1.54) is 49.0 Å². The number of rotatable bonds is 7. The summed E-state index contributed by atoms with van der Waals surface area (Å²) in [6.07, 6.45) is 8.41. The lowest BCUT2D eigenvalue weighted by Gasteiger charge is -2.26. The van der Waals surface area contributed by atoms with Gasteiger partial charge < -0.3 is 4.90 Å². The van der Waals surface area contributed by atoms with Gasteiger partial charge in [-0.3, -0.25) is 14.2 Å². The number of carbonyl (C=O) groups excluding carboxylic acids is 1. The molecule has 0 atom stereocenters. The van der Waals surface area contributed by atoms with Gasteiger partial charge in [-0.2, -0.15) is 0 Å². The zero-order valence-corrected chi connectivity index (χ0v) is 21.0. The molecule has 0 radical (unpaired) electrons. The van der Waals surface area contributed by atoms with Gasteiger partial charge in [0.25, 0.3) is 5.56 Å². The molecule has 0 aromatic carbocycles. The number of carbonyl (C=O) groups is 1. The molecule has 3 aromatic rings. The van der Waals surface area contributed by atoms with Crippen molar-refractivity contribution in [3.63, 3.8) is 0 Å². The number of thiazole rings is 1. The van der Waals surface area contributed by atoms with Gasteiger partial charge in [-0.25, -0.2) is 9.97 Å². The van der Waals surface area contributed by atoms with E-state index in [4.69, 9.17) is 4.98 Å². The second-order valence-electron chi connectivity index (χ2n) is 8.99. The lowest BCUT2D eigenvalue weighted by Crippen LogP contribution is -2.29. The predicted octanol–water partition coefficient (Wildman–Crippen LogP) is 5.22. The third-order valence-corrected chi connectivity index (χ3v) is 9.12. The maximum Gasteiger partial charge on any atom is 0.263 e. The minimum Gasteiger partial charge on any atom is -0.348 e. The maximum absolute atomic E-state index is 13.7. The summed E-state index contributed by atoms with van der Waals surface area (Å²) in [4.78, 5) is 37.8. The molecular formula is C23H28N4O2S3. The molecule has 2 aliphatic carbocycles. The number of hydrogen-bond donors (Lipinski definition) is 0. The van der Waals surface area contributed by atoms with Crippen LogP contribution in [-0.4, -0.2) is 39.4 Å². The Morgan fingerprint density at radius 1 is 1.12 bits per heavy atom. The molecule has 32 heavy (non-hydrogen) atoms. The number of aromatic nitrogens is 3. The van der Waals surface area contributed by atoms with Crippen LogP contribution in [0.4, 0.5) is 0 Å². The van der Waals surface area contributed by atoms with Gasteiger partial charge in [-0.15, -0.1) is 22.7 Å². The van der Waals surface area contributed by atoms with Crippen LogP contribution in [0.25, 0.3) is 10.2 Å². The molecule has 6 nitrogen and oxygen atoms in total. The Labute approximate surface area is 200 Å². The number of thiophene rings is 1. The first kappa shape index (κ1) is 22.1. The molecule has 0 unspecified atom stereocenters. The minimum absolute atomic E-state index is 0.0565. The van der Waals surface area contributed by atoms with Crippen molar-refractivity contribution in [1.82, 2.24) is 19.4 Å². The van der Waals surface area contributed by atoms with Crippen molar-refractivity contribution in [2.75, 3.05) is 14.1 Å². The molecule has 0 N–H and O–H groups in total. The van der Waals surface area contributed by atoms with Gasteiger partial charge in [0.1, 0.15) is 9.84 Å². The van der Waals surface area contributed by atoms with Gasteiger partial charge in [0.15, 0.2) is 5.16 Å². The molecule has 0 aliphatic heterocycles. The van der Waals surface area contributed by atoms with Crippen LogP contribution in [0.1, 0.15) is 73.2 Å². The molecule has 3 aromatic heterocycles. The molecule has 9 heteroatoms. The van der Waals surface area contributed by atoms with E-state index in [0.29, 0.717) is 18.1 Å². The van der Waals surface area contributed by atoms with Gasteiger partial charge in [0, 0.05) is 31.3 Å². The smallest absolute Gasteiger partial charge is 0.263 e. The third kappa shape index (κ3) is 4.52. The SMILES string of the molecule is CN(C)C(=O)Cc1nc(CSc2nc3scc(C4CC4)c3c(=O)n2C2CCCCC2)cs1. The Bertz CT molecular complexity index is 1190. The summed E-state index contributed by atoms with van der Waals surface area (Å²) in [6.45, 7) is 0. The summed E-state index contributed by atoms with van der Waals surface area (Å²) < 4.78 is 2.01. The first-order chi connectivity index (χ1) is 15.5. The average Bonchev–Trinajstić information content (AvgIpc) is 3.38. The molecule has 1 amide bonds. The highest BCUT2D eigenvalue weighted by Gasteiger charge is 2.30. The molecule has 0 saturated heterocycles. The standard InChI is InChI=1S/C23H28N4O2S3/c1-26(2)19(28)10-18-24-15(11-30-18)12-32-23-25-21-20(17(13-31-21)14-8-9-14)22(29)27(23)16-6-4-3-5-7-16/h11,13-14,16H,3-10,12H2,1-2H3. The highest BCUT2D eigenvalue weighted by Crippen LogP contribution is 2.44. The van der Waals surface area contributed by atoms with Crippen molar-refractivity contribution in [1.29, 1.82) is 0 Å². The summed E-state index contributed by atoms with van der Waals surface area (Å²) >= 11 is 4.73. The van der Waals surface area contributed by atoms with Crippen LogP contribution in [0, 0.1) is 0 Å². The van der Waals surface area contributed by atoms with Crippen LogP contribution in [0.3, 0.4) is 0 Å². The quantitative estimate of drug-likeness (QED) is 0.337. The van der Waals surface area contributed by atoms with E-state index in [-0.39, 0.29) is 17.5 Å². The van der Waals surface area contributed by atoms with E-state index in [9.17, 15) is 9.59 Å². The number of fused-ring (bicyclic) bond motifs is 1. The van der Waals surface area contributed by atoms with Gasteiger partial charge in [-0.1, -0.05) is 31.0 Å². The summed E-state index contributed by atoms with van der Waals surface area (Å²) in [5.41, 5.74) is 2.32. The lowest BCUT2D eigenvalue weighted by molar-refractivity contribution is -0.127. The second-order valence-corrected chi connectivity index (χ2v) is 11.7. The molecule has 5 rings (SSSR count). The Morgan fingerprint density at radius 2 is 1.91 bits per heavy atom. The topological polar surface area (TPSA) is 68.1 Å². The number of hydrogen-bond acceptors (Lipinski definition) is 7. The van der Waals surface area contributed by atoms with Gasteiger partial charge >= 0.3 is 0 Å². The average molecular weight is 489 g/mol. The second kappa shape index (κ2) is 9.27. The fourth-order valence-corrected chi connectivity index (χ4v) is 7.30. The third-order valence-electron chi connectivity index (χ3n) is 6.34. The number of likely N-dealkylation sites (N-methyl/N-ethyl adjacent to an activating group) is 1. The van der Waals surface area contributed by atoms with Crippen molar-refractivity contribution >= 4 is 50.6 Å². The zero-order valence-electron chi connectivity index (χ0n) is 18.5. The van der Waals surface area contributed by atoms with E-state index >= 15 is 0 Å². The van der Waals surface area contributed by atoms with Gasteiger partial charge in [0.2, 0.25) is 5.91 Å². The molecule has 2 aliphatic rings. The number of thioether (sulfide) groups is 1. The van der Waals surface area contributed by atoms with Crippen molar-refractivity contribution in [3.05, 3.63) is 37.4 Å². The van der Waals surface area contributed by atoms with Crippen molar-refractivity contribution < 1.29 is 4.79 Å². The molecule has 0 bridgehead atoms. The first-order valence-corrected chi connectivity index (χ1v) is 14.1. The number of amides is 1. The summed E-state index contributed by atoms with van der Waals surface area (Å²) in [7, 11) is 3.52. The Hall–Kier alpha value is -1.71. The Kier molecular flexibility index (Phi) is 6.40. The molecule has 0 spiro atoms. The van der Waals surface area contributed by atoms with Crippen LogP contribution >= 0.6 is 34.4 Å². The first-order valence-electron chi connectivity index (χ1n) is 11.3. The molecule has 170 valence electrons. The summed E-state index contributed by atoms with van der Waals surface area (Å²) in [5, 5.41) is 6.69. The van der Waals surface area contributed by atoms with E-state index in [0.717, 1.165) is 38.9 Å². The number of nitrogens with zero attached hydrogens (tertiary/aromatic N) is 4. The van der Waals surface area contributed by atoms with Crippen molar-refractivity contribution in [3.8, 4) is 0 Å². The molecule has 2 fully saturated rings. The minimum atomic E-state index is 0.0565. The summed E-state index contributed by atoms with van der Waals surface area (Å²) in [6, 6.07) is 0.242. The molecule has 3 heterocycles. The molecule has 2 saturated carbocycles. The Balaban J connectivity index is 1.43. The largest absolute Gasteiger partial charge is 0.348 e. The fraction of sp³-hybridized carbons (Fsp3) is 0.565. The fourth-order valence-electron chi connectivity index (χ4n) is 4.39. The van der Waals surface area contributed by atoms with E-state index in [1.807, 2.05) is 9.95 Å². The molecular weight excluding hydrogens is 460 g/mol. The normalized spacial score (nSPS) is 17.2. The van der Waals surface area contributed by atoms with Crippen molar-refractivity contribution in [2.24, 2.45) is 0 Å². The van der Waals surface area contributed by atoms with Crippen LogP contribution in [0.5, 0.6) is 0 Å². The van der Waals surface area contributed by atoms with Crippen LogP contribution in [0.2, 0.25) is 0 Å². The maximum atomic E-state index is 13.7. The van der Waals surface area contributed by atoms with Crippen molar-refractivity contribution in [2.45, 2.75) is 74.2 Å². The lowest BCUT2D eigenvalue weighted by atomic mass is 9.95. The van der Waals surface area contributed by atoms with E-state index in [1.54, 1.807) is 42.1 Å². The highest BCUT2D eigenvalue weighted by atomic mass is 32.2. The predicted molar refractivity (Wildman–Crippen MR) is 132 cm³/mol. The van der Waals surface area contributed by atoms with Crippen LogP contribution in [0.15, 0.2) is 20.7 Å². The monoisotopic (exact) mass is 488 g/mol. The van der Waals surface area contributed by atoms with Gasteiger partial charge in [0.05, 0.1) is 17.5 Å². The van der Waals surface area contributed by atoms with Crippen LogP contribution in [-0.2, 0) is 17.0 Å².